The lowest BCUT2D eigenvalue weighted by Crippen LogP contribution is -1.92. The molecule has 0 saturated carbocycles. The number of imidazole rings is 1. The van der Waals surface area contributed by atoms with Gasteiger partial charge in [0.25, 0.3) is 0 Å². The van der Waals surface area contributed by atoms with Crippen LogP contribution in [0.2, 0.25) is 0 Å². The van der Waals surface area contributed by atoms with Gasteiger partial charge < -0.3 is 14.5 Å². The molecule has 20 heavy (non-hydrogen) atoms. The number of nitrogens with one attached hydrogen (secondary N) is 1. The summed E-state index contributed by atoms with van der Waals surface area (Å²) in [5.41, 5.74) is 1.14. The van der Waals surface area contributed by atoms with Gasteiger partial charge in [-0.1, -0.05) is 0 Å². The van der Waals surface area contributed by atoms with Crippen molar-refractivity contribution in [2.75, 3.05) is 6.79 Å². The number of benzene rings is 2. The first-order valence-corrected chi connectivity index (χ1v) is 5.96. The van der Waals surface area contributed by atoms with Crippen LogP contribution in [0.25, 0.3) is 22.4 Å². The first-order valence-electron chi connectivity index (χ1n) is 5.96. The SMILES string of the molecule is Fc1ccc2[nH]c(-c3ccc4c(c3)OCO4)nc2c1F. The van der Waals surface area contributed by atoms with Crippen molar-refractivity contribution < 1.29 is 18.3 Å². The molecule has 1 aromatic heterocycles. The molecule has 0 amide bonds. The Morgan fingerprint density at radius 3 is 2.80 bits per heavy atom. The minimum absolute atomic E-state index is 0.0160. The number of H-pyrrole nitrogens is 1. The molecular weight excluding hydrogens is 266 g/mol. The van der Waals surface area contributed by atoms with Crippen LogP contribution < -0.4 is 9.47 Å². The highest BCUT2D eigenvalue weighted by Crippen LogP contribution is 2.35. The highest BCUT2D eigenvalue weighted by Gasteiger charge is 2.17. The minimum atomic E-state index is -0.953. The van der Waals surface area contributed by atoms with E-state index in [1.165, 1.54) is 6.07 Å². The molecule has 1 aliphatic heterocycles. The van der Waals surface area contributed by atoms with E-state index in [9.17, 15) is 8.78 Å². The Morgan fingerprint density at radius 1 is 1.05 bits per heavy atom. The van der Waals surface area contributed by atoms with Gasteiger partial charge in [-0.25, -0.2) is 13.8 Å². The van der Waals surface area contributed by atoms with Crippen LogP contribution in [-0.4, -0.2) is 16.8 Å². The Kier molecular flexibility index (Phi) is 2.20. The maximum absolute atomic E-state index is 13.6. The summed E-state index contributed by atoms with van der Waals surface area (Å²) in [4.78, 5) is 7.06. The van der Waals surface area contributed by atoms with E-state index >= 15 is 0 Å². The summed E-state index contributed by atoms with van der Waals surface area (Å²) < 4.78 is 37.3. The fraction of sp³-hybridized carbons (Fsp3) is 0.0714. The van der Waals surface area contributed by atoms with Crippen molar-refractivity contribution in [2.45, 2.75) is 0 Å². The predicted molar refractivity (Wildman–Crippen MR) is 67.6 cm³/mol. The van der Waals surface area contributed by atoms with Gasteiger partial charge in [0.15, 0.2) is 23.1 Å². The highest BCUT2D eigenvalue weighted by molar-refractivity contribution is 5.80. The number of aromatic amines is 1. The number of rotatable bonds is 1. The Balaban J connectivity index is 1.88. The lowest BCUT2D eigenvalue weighted by Gasteiger charge is -1.99. The molecule has 0 atom stereocenters. The zero-order chi connectivity index (χ0) is 13.7. The van der Waals surface area contributed by atoms with E-state index in [1.54, 1.807) is 18.2 Å². The first-order chi connectivity index (χ1) is 9.72. The van der Waals surface area contributed by atoms with E-state index in [0.29, 0.717) is 28.4 Å². The second-order valence-corrected chi connectivity index (χ2v) is 4.41. The Morgan fingerprint density at radius 2 is 1.90 bits per heavy atom. The zero-order valence-corrected chi connectivity index (χ0v) is 10.1. The standard InChI is InChI=1S/C14H8F2N2O2/c15-8-2-3-9-13(12(8)16)18-14(17-9)7-1-4-10-11(5-7)20-6-19-10/h1-5H,6H2,(H,17,18). The molecule has 1 N–H and O–H groups in total. The van der Waals surface area contributed by atoms with Crippen molar-refractivity contribution >= 4 is 11.0 Å². The molecule has 0 spiro atoms. The monoisotopic (exact) mass is 274 g/mol. The molecule has 0 radical (unpaired) electrons. The van der Waals surface area contributed by atoms with Crippen LogP contribution in [0.1, 0.15) is 0 Å². The smallest absolute Gasteiger partial charge is 0.231 e. The Labute approximate surface area is 112 Å². The number of nitrogens with zero attached hydrogens (tertiary/aromatic N) is 1. The first kappa shape index (κ1) is 11.2. The summed E-state index contributed by atoms with van der Waals surface area (Å²) in [6.45, 7) is 0.179. The minimum Gasteiger partial charge on any atom is -0.454 e. The van der Waals surface area contributed by atoms with E-state index in [-0.39, 0.29) is 12.3 Å². The summed E-state index contributed by atoms with van der Waals surface area (Å²) in [7, 11) is 0. The second kappa shape index (κ2) is 3.93. The van der Waals surface area contributed by atoms with Crippen molar-refractivity contribution in [3.8, 4) is 22.9 Å². The maximum Gasteiger partial charge on any atom is 0.231 e. The van der Waals surface area contributed by atoms with Crippen molar-refractivity contribution in [2.24, 2.45) is 0 Å². The molecule has 3 aromatic rings. The van der Waals surface area contributed by atoms with Gasteiger partial charge in [-0.05, 0) is 30.3 Å². The molecule has 2 aromatic carbocycles. The Bertz CT molecular complexity index is 829. The van der Waals surface area contributed by atoms with Crippen molar-refractivity contribution in [3.05, 3.63) is 42.0 Å². The van der Waals surface area contributed by atoms with Crippen LogP contribution in [0, 0.1) is 11.6 Å². The number of fused-ring (bicyclic) bond motifs is 2. The van der Waals surface area contributed by atoms with Crippen LogP contribution >= 0.6 is 0 Å². The topological polar surface area (TPSA) is 47.1 Å². The Hall–Kier alpha value is -2.63. The van der Waals surface area contributed by atoms with Gasteiger partial charge >= 0.3 is 0 Å². The molecule has 4 nitrogen and oxygen atoms in total. The van der Waals surface area contributed by atoms with E-state index in [4.69, 9.17) is 9.47 Å². The van der Waals surface area contributed by atoms with Crippen molar-refractivity contribution in [1.82, 2.24) is 9.97 Å². The zero-order valence-electron chi connectivity index (χ0n) is 10.1. The van der Waals surface area contributed by atoms with Gasteiger partial charge in [-0.15, -0.1) is 0 Å². The molecule has 0 aliphatic carbocycles. The fourth-order valence-electron chi connectivity index (χ4n) is 2.20. The average Bonchev–Trinajstić information content (AvgIpc) is 3.08. The van der Waals surface area contributed by atoms with Gasteiger partial charge in [0.1, 0.15) is 11.3 Å². The largest absolute Gasteiger partial charge is 0.454 e. The van der Waals surface area contributed by atoms with E-state index in [2.05, 4.69) is 9.97 Å². The molecule has 1 aliphatic rings. The number of hydrogen-bond donors (Lipinski definition) is 1. The lowest BCUT2D eigenvalue weighted by molar-refractivity contribution is 0.174. The number of aromatic nitrogens is 2. The van der Waals surface area contributed by atoms with Crippen LogP contribution in [0.5, 0.6) is 11.5 Å². The maximum atomic E-state index is 13.6. The molecular formula is C14H8F2N2O2. The molecule has 4 rings (SSSR count). The number of ether oxygens (including phenoxy) is 2. The van der Waals surface area contributed by atoms with Crippen molar-refractivity contribution in [1.29, 1.82) is 0 Å². The van der Waals surface area contributed by atoms with Crippen molar-refractivity contribution in [3.63, 3.8) is 0 Å². The third kappa shape index (κ3) is 1.54. The van der Waals surface area contributed by atoms with Gasteiger partial charge in [0.2, 0.25) is 6.79 Å². The van der Waals surface area contributed by atoms with Crippen LogP contribution in [0.15, 0.2) is 30.3 Å². The summed E-state index contributed by atoms with van der Waals surface area (Å²) in [5, 5.41) is 0. The molecule has 0 unspecified atom stereocenters. The third-order valence-corrected chi connectivity index (χ3v) is 3.19. The van der Waals surface area contributed by atoms with Crippen LogP contribution in [0.3, 0.4) is 0 Å². The van der Waals surface area contributed by atoms with E-state index in [0.717, 1.165) is 6.07 Å². The van der Waals surface area contributed by atoms with Crippen LogP contribution in [-0.2, 0) is 0 Å². The third-order valence-electron chi connectivity index (χ3n) is 3.19. The second-order valence-electron chi connectivity index (χ2n) is 4.41. The summed E-state index contributed by atoms with van der Waals surface area (Å²) in [6.07, 6.45) is 0. The quantitative estimate of drug-likeness (QED) is 0.741. The summed E-state index contributed by atoms with van der Waals surface area (Å²) in [5.74, 6) is -0.161. The van der Waals surface area contributed by atoms with Gasteiger partial charge in [0.05, 0.1) is 5.52 Å². The fourth-order valence-corrected chi connectivity index (χ4v) is 2.20. The molecule has 2 heterocycles. The molecule has 0 bridgehead atoms. The van der Waals surface area contributed by atoms with Gasteiger partial charge in [0, 0.05) is 5.56 Å². The van der Waals surface area contributed by atoms with Gasteiger partial charge in [-0.2, -0.15) is 0 Å². The molecule has 0 saturated heterocycles. The summed E-state index contributed by atoms with van der Waals surface area (Å²) >= 11 is 0. The molecule has 0 fully saturated rings. The normalized spacial score (nSPS) is 13.1. The van der Waals surface area contributed by atoms with Crippen LogP contribution in [0.4, 0.5) is 8.78 Å². The lowest BCUT2D eigenvalue weighted by atomic mass is 10.2. The molecule has 100 valence electrons. The molecule has 6 heteroatoms. The van der Waals surface area contributed by atoms with Gasteiger partial charge in [-0.3, -0.25) is 0 Å². The van der Waals surface area contributed by atoms with E-state index < -0.39 is 11.6 Å². The number of halogens is 2. The highest BCUT2D eigenvalue weighted by atomic mass is 19.2. The summed E-state index contributed by atoms with van der Waals surface area (Å²) in [6, 6.07) is 7.80. The number of hydrogen-bond acceptors (Lipinski definition) is 3. The predicted octanol–water partition coefficient (Wildman–Crippen LogP) is 3.24. The van der Waals surface area contributed by atoms with E-state index in [1.807, 2.05) is 0 Å². The average molecular weight is 274 g/mol.